The third kappa shape index (κ3) is 3.20. The second-order valence-electron chi connectivity index (χ2n) is 6.22. The zero-order valence-corrected chi connectivity index (χ0v) is 13.6. The van der Waals surface area contributed by atoms with Crippen LogP contribution < -0.4 is 4.74 Å². The van der Waals surface area contributed by atoms with Gasteiger partial charge >= 0.3 is 6.36 Å². The lowest BCUT2D eigenvalue weighted by molar-refractivity contribution is -0.385. The van der Waals surface area contributed by atoms with E-state index in [9.17, 15) is 28.5 Å². The SMILES string of the molecule is Cc1cc(C2(C#N)CC2c2ccc(OC(F)(F)F)cc2)ccc1[N+](=O)[O-]. The van der Waals surface area contributed by atoms with E-state index in [0.29, 0.717) is 17.5 Å². The van der Waals surface area contributed by atoms with Crippen molar-refractivity contribution in [3.05, 3.63) is 69.3 Å². The smallest absolute Gasteiger partial charge is 0.406 e. The predicted octanol–water partition coefficient (Wildman–Crippen LogP) is 4.75. The van der Waals surface area contributed by atoms with Gasteiger partial charge < -0.3 is 4.74 Å². The van der Waals surface area contributed by atoms with Crippen LogP contribution in [0.2, 0.25) is 0 Å². The second-order valence-corrected chi connectivity index (χ2v) is 6.22. The van der Waals surface area contributed by atoms with Crippen LogP contribution in [0.1, 0.15) is 29.0 Å². The van der Waals surface area contributed by atoms with Crippen LogP contribution >= 0.6 is 0 Å². The minimum absolute atomic E-state index is 0.0207. The lowest BCUT2D eigenvalue weighted by atomic mass is 9.91. The van der Waals surface area contributed by atoms with Crippen molar-refractivity contribution in [3.63, 3.8) is 0 Å². The van der Waals surface area contributed by atoms with Gasteiger partial charge in [-0.3, -0.25) is 10.1 Å². The molecule has 1 aliphatic rings. The average Bonchev–Trinajstić information content (AvgIpc) is 3.29. The molecule has 1 fully saturated rings. The van der Waals surface area contributed by atoms with Crippen molar-refractivity contribution in [2.24, 2.45) is 0 Å². The molecule has 1 aliphatic carbocycles. The number of ether oxygens (including phenoxy) is 1. The Balaban J connectivity index is 1.85. The number of halogens is 3. The van der Waals surface area contributed by atoms with Crippen LogP contribution in [0, 0.1) is 28.4 Å². The molecule has 0 aliphatic heterocycles. The summed E-state index contributed by atoms with van der Waals surface area (Å²) in [4.78, 5) is 10.4. The van der Waals surface area contributed by atoms with E-state index in [1.807, 2.05) is 0 Å². The standard InChI is InChI=1S/C18H13F3N2O3/c1-11-8-13(4-7-16(11)23(24)25)17(10-22)9-15(17)12-2-5-14(6-3-12)26-18(19,20)21/h2-8,15H,9H2,1H3. The van der Waals surface area contributed by atoms with E-state index in [1.54, 1.807) is 19.1 Å². The minimum atomic E-state index is -4.76. The summed E-state index contributed by atoms with van der Waals surface area (Å²) in [7, 11) is 0. The molecular weight excluding hydrogens is 349 g/mol. The topological polar surface area (TPSA) is 76.2 Å². The summed E-state index contributed by atoms with van der Waals surface area (Å²) in [5.41, 5.74) is 1.00. The molecule has 0 aromatic heterocycles. The molecule has 2 aromatic rings. The first-order chi connectivity index (χ1) is 12.2. The summed E-state index contributed by atoms with van der Waals surface area (Å²) in [6.45, 7) is 1.60. The van der Waals surface area contributed by atoms with E-state index < -0.39 is 16.7 Å². The molecule has 0 heterocycles. The van der Waals surface area contributed by atoms with Crippen LogP contribution in [0.4, 0.5) is 18.9 Å². The van der Waals surface area contributed by atoms with Gasteiger partial charge in [0.2, 0.25) is 0 Å². The van der Waals surface area contributed by atoms with Gasteiger partial charge in [-0.05, 0) is 42.7 Å². The molecule has 0 bridgehead atoms. The van der Waals surface area contributed by atoms with Gasteiger partial charge in [-0.15, -0.1) is 13.2 Å². The molecule has 3 rings (SSSR count). The summed E-state index contributed by atoms with van der Waals surface area (Å²) in [5, 5.41) is 20.6. The lowest BCUT2D eigenvalue weighted by Crippen LogP contribution is -2.17. The number of aryl methyl sites for hydroxylation is 1. The van der Waals surface area contributed by atoms with Crippen LogP contribution in [0.3, 0.4) is 0 Å². The number of benzene rings is 2. The summed E-state index contributed by atoms with van der Waals surface area (Å²) >= 11 is 0. The zero-order chi connectivity index (χ0) is 19.1. The molecule has 2 unspecified atom stereocenters. The number of hydrogen-bond donors (Lipinski definition) is 0. The summed E-state index contributed by atoms with van der Waals surface area (Å²) < 4.78 is 40.5. The first-order valence-corrected chi connectivity index (χ1v) is 7.69. The number of nitro groups is 1. The second kappa shape index (κ2) is 6.02. The van der Waals surface area contributed by atoms with E-state index in [0.717, 1.165) is 5.56 Å². The van der Waals surface area contributed by atoms with Crippen molar-refractivity contribution in [1.29, 1.82) is 5.26 Å². The van der Waals surface area contributed by atoms with E-state index in [4.69, 9.17) is 0 Å². The monoisotopic (exact) mass is 362 g/mol. The first kappa shape index (κ1) is 17.7. The van der Waals surface area contributed by atoms with Crippen molar-refractivity contribution in [3.8, 4) is 11.8 Å². The average molecular weight is 362 g/mol. The molecule has 0 saturated heterocycles. The fourth-order valence-electron chi connectivity index (χ4n) is 3.21. The Bertz CT molecular complexity index is 903. The fourth-order valence-corrected chi connectivity index (χ4v) is 3.21. The Hall–Kier alpha value is -3.08. The van der Waals surface area contributed by atoms with Crippen LogP contribution in [-0.4, -0.2) is 11.3 Å². The van der Waals surface area contributed by atoms with Crippen LogP contribution in [0.15, 0.2) is 42.5 Å². The normalized spacial score (nSPS) is 21.7. The van der Waals surface area contributed by atoms with Crippen molar-refractivity contribution >= 4 is 5.69 Å². The van der Waals surface area contributed by atoms with Crippen molar-refractivity contribution < 1.29 is 22.8 Å². The Labute approximate surface area is 146 Å². The Morgan fingerprint density at radius 3 is 2.42 bits per heavy atom. The zero-order valence-electron chi connectivity index (χ0n) is 13.6. The molecule has 8 heteroatoms. The molecular formula is C18H13F3N2O3. The van der Waals surface area contributed by atoms with E-state index in [2.05, 4.69) is 10.8 Å². The van der Waals surface area contributed by atoms with Gasteiger partial charge in [0.25, 0.3) is 5.69 Å². The molecule has 0 radical (unpaired) electrons. The van der Waals surface area contributed by atoms with Gasteiger partial charge in [0.05, 0.1) is 16.4 Å². The number of nitrogens with zero attached hydrogens (tertiary/aromatic N) is 2. The van der Waals surface area contributed by atoms with Crippen molar-refractivity contribution in [2.45, 2.75) is 31.0 Å². The molecule has 26 heavy (non-hydrogen) atoms. The summed E-state index contributed by atoms with van der Waals surface area (Å²) in [6, 6.07) is 12.3. The number of alkyl halides is 3. The third-order valence-corrected chi connectivity index (χ3v) is 4.59. The number of rotatable bonds is 4. The maximum atomic E-state index is 12.2. The first-order valence-electron chi connectivity index (χ1n) is 7.69. The quantitative estimate of drug-likeness (QED) is 0.581. The number of nitriles is 1. The van der Waals surface area contributed by atoms with Gasteiger partial charge in [-0.25, -0.2) is 0 Å². The minimum Gasteiger partial charge on any atom is -0.406 e. The molecule has 0 amide bonds. The highest BCUT2D eigenvalue weighted by Crippen LogP contribution is 2.60. The Morgan fingerprint density at radius 2 is 1.92 bits per heavy atom. The summed E-state index contributed by atoms with van der Waals surface area (Å²) in [6.07, 6.45) is -4.26. The van der Waals surface area contributed by atoms with Crippen molar-refractivity contribution in [1.82, 2.24) is 0 Å². The highest BCUT2D eigenvalue weighted by Gasteiger charge is 2.57. The molecule has 0 N–H and O–H groups in total. The largest absolute Gasteiger partial charge is 0.573 e. The number of hydrogen-bond acceptors (Lipinski definition) is 4. The molecule has 5 nitrogen and oxygen atoms in total. The fraction of sp³-hybridized carbons (Fsp3) is 0.278. The van der Waals surface area contributed by atoms with Crippen LogP contribution in [0.25, 0.3) is 0 Å². The molecule has 1 saturated carbocycles. The highest BCUT2D eigenvalue weighted by atomic mass is 19.4. The third-order valence-electron chi connectivity index (χ3n) is 4.59. The maximum Gasteiger partial charge on any atom is 0.573 e. The van der Waals surface area contributed by atoms with Gasteiger partial charge in [-0.1, -0.05) is 18.2 Å². The lowest BCUT2D eigenvalue weighted by Gasteiger charge is -2.12. The van der Waals surface area contributed by atoms with Crippen LogP contribution in [0.5, 0.6) is 5.75 Å². The molecule has 2 aromatic carbocycles. The maximum absolute atomic E-state index is 12.2. The molecule has 134 valence electrons. The van der Waals surface area contributed by atoms with E-state index >= 15 is 0 Å². The van der Waals surface area contributed by atoms with Crippen LogP contribution in [-0.2, 0) is 5.41 Å². The Kier molecular flexibility index (Phi) is 4.11. The van der Waals surface area contributed by atoms with Crippen molar-refractivity contribution in [2.75, 3.05) is 0 Å². The Morgan fingerprint density at radius 1 is 1.27 bits per heavy atom. The van der Waals surface area contributed by atoms with Gasteiger partial charge in [0.1, 0.15) is 5.75 Å². The predicted molar refractivity (Wildman–Crippen MR) is 85.6 cm³/mol. The summed E-state index contributed by atoms with van der Waals surface area (Å²) in [5.74, 6) is -0.510. The highest BCUT2D eigenvalue weighted by molar-refractivity contribution is 5.54. The van der Waals surface area contributed by atoms with Gasteiger partial charge in [0, 0.05) is 17.5 Å². The van der Waals surface area contributed by atoms with Gasteiger partial charge in [-0.2, -0.15) is 5.26 Å². The molecule has 0 spiro atoms. The van der Waals surface area contributed by atoms with E-state index in [-0.39, 0.29) is 17.4 Å². The van der Waals surface area contributed by atoms with E-state index in [1.165, 1.54) is 30.3 Å². The number of nitro benzene ring substituents is 1. The molecule has 2 atom stereocenters. The van der Waals surface area contributed by atoms with Gasteiger partial charge in [0.15, 0.2) is 0 Å².